The van der Waals surface area contributed by atoms with Crippen LogP contribution in [0.5, 0.6) is 0 Å². The van der Waals surface area contributed by atoms with Crippen molar-refractivity contribution in [1.29, 1.82) is 0 Å². The molecule has 0 saturated carbocycles. The number of hydrogen-bond donors (Lipinski definition) is 3. The van der Waals surface area contributed by atoms with E-state index in [9.17, 15) is 9.90 Å². The van der Waals surface area contributed by atoms with Crippen LogP contribution in [0.2, 0.25) is 0 Å². The zero-order valence-electron chi connectivity index (χ0n) is 9.32. The van der Waals surface area contributed by atoms with Gasteiger partial charge < -0.3 is 15.4 Å². The topological polar surface area (TPSA) is 65.1 Å². The van der Waals surface area contributed by atoms with E-state index in [-0.39, 0.29) is 5.91 Å². The van der Waals surface area contributed by atoms with Crippen molar-refractivity contribution in [2.75, 3.05) is 0 Å². The molecular formula is C13H12N2O2. The number of carbonyl (C=O) groups is 1. The zero-order chi connectivity index (χ0) is 12.0. The molecule has 2 aromatic rings. The van der Waals surface area contributed by atoms with Gasteiger partial charge in [0.2, 0.25) is 5.91 Å². The van der Waals surface area contributed by atoms with E-state index < -0.39 is 6.23 Å². The van der Waals surface area contributed by atoms with Crippen molar-refractivity contribution in [1.82, 2.24) is 10.3 Å². The number of amides is 1. The molecule has 0 fully saturated rings. The molecule has 1 aliphatic heterocycles. The maximum atomic E-state index is 11.2. The van der Waals surface area contributed by atoms with E-state index >= 15 is 0 Å². The summed E-state index contributed by atoms with van der Waals surface area (Å²) in [6, 6.07) is 6.05. The Morgan fingerprint density at radius 3 is 2.88 bits per heavy atom. The fourth-order valence-electron chi connectivity index (χ4n) is 2.17. The van der Waals surface area contributed by atoms with Crippen LogP contribution in [0.1, 0.15) is 11.1 Å². The molecular weight excluding hydrogens is 216 g/mol. The van der Waals surface area contributed by atoms with Crippen molar-refractivity contribution in [3.05, 3.63) is 41.6 Å². The van der Waals surface area contributed by atoms with Gasteiger partial charge in [0, 0.05) is 34.3 Å². The minimum Gasteiger partial charge on any atom is -0.369 e. The molecule has 1 aromatic heterocycles. The molecule has 3 N–H and O–H groups in total. The maximum Gasteiger partial charge on any atom is 0.246 e. The molecule has 4 heteroatoms. The van der Waals surface area contributed by atoms with Crippen LogP contribution in [0.4, 0.5) is 0 Å². The number of aryl methyl sites for hydroxylation is 1. The van der Waals surface area contributed by atoms with Crippen molar-refractivity contribution in [2.45, 2.75) is 13.2 Å². The highest BCUT2D eigenvalue weighted by molar-refractivity contribution is 6.05. The molecule has 0 aliphatic carbocycles. The van der Waals surface area contributed by atoms with E-state index in [4.69, 9.17) is 0 Å². The number of aliphatic hydroxyl groups is 1. The van der Waals surface area contributed by atoms with E-state index in [0.717, 1.165) is 22.0 Å². The van der Waals surface area contributed by atoms with Crippen molar-refractivity contribution >= 4 is 22.4 Å². The van der Waals surface area contributed by atoms with Gasteiger partial charge in [0.1, 0.15) is 0 Å². The molecule has 3 rings (SSSR count). The number of carbonyl (C=O) groups excluding carboxylic acids is 1. The largest absolute Gasteiger partial charge is 0.369 e. The van der Waals surface area contributed by atoms with Gasteiger partial charge >= 0.3 is 0 Å². The second kappa shape index (κ2) is 3.46. The molecule has 1 aliphatic rings. The molecule has 0 bridgehead atoms. The first-order valence-electron chi connectivity index (χ1n) is 5.43. The number of aliphatic hydroxyl groups excluding tert-OH is 1. The van der Waals surface area contributed by atoms with Gasteiger partial charge in [0.05, 0.1) is 0 Å². The van der Waals surface area contributed by atoms with Gasteiger partial charge in [-0.05, 0) is 19.1 Å². The quantitative estimate of drug-likeness (QED) is 0.689. The Morgan fingerprint density at radius 2 is 2.18 bits per heavy atom. The van der Waals surface area contributed by atoms with Crippen LogP contribution in [0.25, 0.3) is 16.5 Å². The van der Waals surface area contributed by atoms with Gasteiger partial charge in [-0.3, -0.25) is 4.79 Å². The summed E-state index contributed by atoms with van der Waals surface area (Å²) in [5.41, 5.74) is 3.63. The summed E-state index contributed by atoms with van der Waals surface area (Å²) in [7, 11) is 0. The lowest BCUT2D eigenvalue weighted by Crippen LogP contribution is -2.27. The van der Waals surface area contributed by atoms with Crippen LogP contribution >= 0.6 is 0 Å². The monoisotopic (exact) mass is 228 g/mol. The van der Waals surface area contributed by atoms with Gasteiger partial charge in [-0.2, -0.15) is 0 Å². The Hall–Kier alpha value is -2.07. The molecule has 0 spiro atoms. The summed E-state index contributed by atoms with van der Waals surface area (Å²) in [5.74, 6) is -0.255. The van der Waals surface area contributed by atoms with Crippen LogP contribution in [-0.2, 0) is 4.79 Å². The molecule has 17 heavy (non-hydrogen) atoms. The lowest BCUT2D eigenvalue weighted by molar-refractivity contribution is -0.117. The first-order chi connectivity index (χ1) is 8.15. The third-order valence-corrected chi connectivity index (χ3v) is 3.01. The maximum absolute atomic E-state index is 11.2. The summed E-state index contributed by atoms with van der Waals surface area (Å²) in [5, 5.41) is 13.2. The average Bonchev–Trinajstić information content (AvgIpc) is 2.81. The van der Waals surface area contributed by atoms with Gasteiger partial charge in [-0.25, -0.2) is 0 Å². The first kappa shape index (κ1) is 10.1. The predicted octanol–water partition coefficient (Wildman–Crippen LogP) is 1.31. The summed E-state index contributed by atoms with van der Waals surface area (Å²) >= 11 is 0. The normalized spacial score (nSPS) is 19.5. The Bertz CT molecular complexity index is 640. The molecule has 1 aromatic carbocycles. The Morgan fingerprint density at radius 1 is 1.35 bits per heavy atom. The molecule has 4 nitrogen and oxygen atoms in total. The van der Waals surface area contributed by atoms with Crippen molar-refractivity contribution < 1.29 is 9.90 Å². The Kier molecular flexibility index (Phi) is 2.06. The minimum absolute atomic E-state index is 0.255. The number of H-pyrrole nitrogens is 1. The second-order valence-electron chi connectivity index (χ2n) is 4.26. The third kappa shape index (κ3) is 1.54. The highest BCUT2D eigenvalue weighted by Gasteiger charge is 2.24. The number of aromatic nitrogens is 1. The first-order valence-corrected chi connectivity index (χ1v) is 5.43. The van der Waals surface area contributed by atoms with E-state index in [2.05, 4.69) is 10.3 Å². The lowest BCUT2D eigenvalue weighted by Gasteiger charge is -2.07. The molecule has 1 unspecified atom stereocenters. The SMILES string of the molecule is Cc1ccc2[nH]cc(C3=CC(=O)NC3O)c2c1. The summed E-state index contributed by atoms with van der Waals surface area (Å²) < 4.78 is 0. The molecule has 2 heterocycles. The Labute approximate surface area is 98.0 Å². The number of benzene rings is 1. The van der Waals surface area contributed by atoms with E-state index in [1.54, 1.807) is 0 Å². The van der Waals surface area contributed by atoms with Crippen LogP contribution in [0, 0.1) is 6.92 Å². The van der Waals surface area contributed by atoms with Crippen molar-refractivity contribution in [2.24, 2.45) is 0 Å². The molecule has 0 saturated heterocycles. The number of hydrogen-bond acceptors (Lipinski definition) is 2. The number of aromatic amines is 1. The molecule has 0 radical (unpaired) electrons. The number of fused-ring (bicyclic) bond motifs is 1. The zero-order valence-corrected chi connectivity index (χ0v) is 9.32. The molecule has 1 amide bonds. The average molecular weight is 228 g/mol. The fraction of sp³-hybridized carbons (Fsp3) is 0.154. The van der Waals surface area contributed by atoms with Crippen molar-refractivity contribution in [3.63, 3.8) is 0 Å². The van der Waals surface area contributed by atoms with Gasteiger partial charge in [-0.15, -0.1) is 0 Å². The van der Waals surface area contributed by atoms with Crippen LogP contribution in [0.3, 0.4) is 0 Å². The van der Waals surface area contributed by atoms with Gasteiger partial charge in [0.25, 0.3) is 0 Å². The predicted molar refractivity (Wildman–Crippen MR) is 65.2 cm³/mol. The van der Waals surface area contributed by atoms with Crippen LogP contribution < -0.4 is 5.32 Å². The highest BCUT2D eigenvalue weighted by Crippen LogP contribution is 2.29. The number of nitrogens with one attached hydrogen (secondary N) is 2. The van der Waals surface area contributed by atoms with E-state index in [1.165, 1.54) is 6.08 Å². The third-order valence-electron chi connectivity index (χ3n) is 3.01. The standard InChI is InChI=1S/C13H12N2O2/c1-7-2-3-11-8(4-7)10(6-14-11)9-5-12(16)15-13(9)17/h2-6,13-14,17H,1H3,(H,15,16). The molecule has 86 valence electrons. The van der Waals surface area contributed by atoms with Gasteiger partial charge in [0.15, 0.2) is 6.23 Å². The smallest absolute Gasteiger partial charge is 0.246 e. The lowest BCUT2D eigenvalue weighted by atomic mass is 10.0. The number of rotatable bonds is 1. The summed E-state index contributed by atoms with van der Waals surface area (Å²) in [4.78, 5) is 14.3. The fourth-order valence-corrected chi connectivity index (χ4v) is 2.17. The van der Waals surface area contributed by atoms with Crippen LogP contribution in [0.15, 0.2) is 30.5 Å². The van der Waals surface area contributed by atoms with E-state index in [1.807, 2.05) is 31.3 Å². The van der Waals surface area contributed by atoms with E-state index in [0.29, 0.717) is 5.57 Å². The Balaban J connectivity index is 2.21. The second-order valence-corrected chi connectivity index (χ2v) is 4.26. The van der Waals surface area contributed by atoms with Crippen molar-refractivity contribution in [3.8, 4) is 0 Å². The minimum atomic E-state index is -0.915. The van der Waals surface area contributed by atoms with Gasteiger partial charge in [-0.1, -0.05) is 11.6 Å². The molecule has 1 atom stereocenters. The summed E-state index contributed by atoms with van der Waals surface area (Å²) in [6.45, 7) is 2.01. The summed E-state index contributed by atoms with van der Waals surface area (Å²) in [6.07, 6.45) is 2.34. The highest BCUT2D eigenvalue weighted by atomic mass is 16.3. The van der Waals surface area contributed by atoms with Crippen LogP contribution in [-0.4, -0.2) is 22.2 Å².